The fourth-order valence-electron chi connectivity index (χ4n) is 1.80. The summed E-state index contributed by atoms with van der Waals surface area (Å²) >= 11 is 0. The molecule has 0 aliphatic rings. The van der Waals surface area contributed by atoms with Gasteiger partial charge in [-0.1, -0.05) is 6.92 Å². The van der Waals surface area contributed by atoms with Gasteiger partial charge in [-0.2, -0.15) is 4.31 Å². The molecule has 0 heterocycles. The maximum Gasteiger partial charge on any atom is 0.246 e. The van der Waals surface area contributed by atoms with E-state index in [4.69, 9.17) is 10.8 Å². The number of nitrogen functional groups attached to an aromatic ring is 1. The van der Waals surface area contributed by atoms with Gasteiger partial charge in [-0.05, 0) is 31.0 Å². The van der Waals surface area contributed by atoms with Crippen molar-refractivity contribution in [3.63, 3.8) is 0 Å². The zero-order chi connectivity index (χ0) is 14.6. The Morgan fingerprint density at radius 3 is 2.53 bits per heavy atom. The molecular formula is C12H19FN2O3S. The number of aryl methyl sites for hydroxylation is 1. The Labute approximate surface area is 112 Å². The first-order valence-corrected chi connectivity index (χ1v) is 7.45. The molecule has 7 heteroatoms. The van der Waals surface area contributed by atoms with E-state index in [0.717, 1.165) is 10.4 Å². The molecule has 5 nitrogen and oxygen atoms in total. The van der Waals surface area contributed by atoms with Crippen molar-refractivity contribution < 1.29 is 17.9 Å². The van der Waals surface area contributed by atoms with Gasteiger partial charge in [0.2, 0.25) is 10.0 Å². The van der Waals surface area contributed by atoms with Gasteiger partial charge in [0.05, 0.1) is 6.61 Å². The van der Waals surface area contributed by atoms with Gasteiger partial charge in [0, 0.05) is 18.8 Å². The predicted octanol–water partition coefficient (Wildman–Crippen LogP) is 1.11. The highest BCUT2D eigenvalue weighted by atomic mass is 32.2. The summed E-state index contributed by atoms with van der Waals surface area (Å²) in [7, 11) is -3.98. The number of hydrogen-bond donors (Lipinski definition) is 2. The third-order valence-corrected chi connectivity index (χ3v) is 4.58. The molecule has 1 aromatic rings. The number of nitrogens with two attached hydrogens (primary N) is 1. The number of benzene rings is 1. The van der Waals surface area contributed by atoms with E-state index in [0.29, 0.717) is 6.42 Å². The smallest absolute Gasteiger partial charge is 0.246 e. The molecule has 0 saturated carbocycles. The summed E-state index contributed by atoms with van der Waals surface area (Å²) in [5.74, 6) is -0.798. The third-order valence-electron chi connectivity index (χ3n) is 2.68. The van der Waals surface area contributed by atoms with Crippen molar-refractivity contribution >= 4 is 15.7 Å². The number of nitrogens with zero attached hydrogens (tertiary/aromatic N) is 1. The molecule has 0 amide bonds. The highest BCUT2D eigenvalue weighted by Crippen LogP contribution is 2.24. The van der Waals surface area contributed by atoms with E-state index in [1.54, 1.807) is 6.92 Å². The normalized spacial score (nSPS) is 12.1. The van der Waals surface area contributed by atoms with Crippen molar-refractivity contribution in [3.05, 3.63) is 23.5 Å². The summed E-state index contributed by atoms with van der Waals surface area (Å²) in [6.07, 6.45) is 0.572. The molecule has 0 aliphatic heterocycles. The van der Waals surface area contributed by atoms with E-state index >= 15 is 0 Å². The van der Waals surface area contributed by atoms with Crippen LogP contribution in [0.2, 0.25) is 0 Å². The van der Waals surface area contributed by atoms with Crippen LogP contribution in [0.25, 0.3) is 0 Å². The summed E-state index contributed by atoms with van der Waals surface area (Å²) < 4.78 is 39.8. The summed E-state index contributed by atoms with van der Waals surface area (Å²) in [4.78, 5) is -0.438. The second kappa shape index (κ2) is 6.31. The molecule has 0 bridgehead atoms. The molecule has 0 atom stereocenters. The number of sulfonamides is 1. The second-order valence-electron chi connectivity index (χ2n) is 4.28. The first-order valence-electron chi connectivity index (χ1n) is 6.01. The second-order valence-corrected chi connectivity index (χ2v) is 6.18. The Hall–Kier alpha value is -1.18. The molecule has 108 valence electrons. The van der Waals surface area contributed by atoms with Crippen molar-refractivity contribution in [3.8, 4) is 0 Å². The van der Waals surface area contributed by atoms with Crippen molar-refractivity contribution in [2.75, 3.05) is 25.4 Å². The fraction of sp³-hybridized carbons (Fsp3) is 0.500. The first-order chi connectivity index (χ1) is 8.84. The number of rotatable bonds is 6. The van der Waals surface area contributed by atoms with Crippen LogP contribution in [0.15, 0.2) is 17.0 Å². The number of aliphatic hydroxyl groups is 1. The first kappa shape index (κ1) is 15.9. The Bertz CT molecular complexity index is 540. The highest BCUT2D eigenvalue weighted by Gasteiger charge is 2.27. The lowest BCUT2D eigenvalue weighted by Gasteiger charge is -2.21. The van der Waals surface area contributed by atoms with Crippen LogP contribution in [0.1, 0.15) is 18.9 Å². The van der Waals surface area contributed by atoms with Crippen LogP contribution in [-0.4, -0.2) is 37.5 Å². The SMILES string of the molecule is CCCN(CCO)S(=O)(=O)c1cc(N)cc(C)c1F. The van der Waals surface area contributed by atoms with Crippen molar-refractivity contribution in [2.45, 2.75) is 25.2 Å². The lowest BCUT2D eigenvalue weighted by Crippen LogP contribution is -2.35. The Balaban J connectivity index is 3.32. The van der Waals surface area contributed by atoms with E-state index in [1.165, 1.54) is 13.0 Å². The number of halogens is 1. The summed E-state index contributed by atoms with van der Waals surface area (Å²) in [5, 5.41) is 8.93. The molecule has 0 radical (unpaired) electrons. The van der Waals surface area contributed by atoms with E-state index in [2.05, 4.69) is 0 Å². The quantitative estimate of drug-likeness (QED) is 0.769. The van der Waals surface area contributed by atoms with Crippen molar-refractivity contribution in [1.82, 2.24) is 4.31 Å². The molecule has 1 rings (SSSR count). The van der Waals surface area contributed by atoms with Gasteiger partial charge in [-0.25, -0.2) is 12.8 Å². The van der Waals surface area contributed by atoms with E-state index in [9.17, 15) is 12.8 Å². The standard InChI is InChI=1S/C12H19FN2O3S/c1-3-4-15(5-6-16)19(17,18)11-8-10(14)7-9(2)12(11)13/h7-8,16H,3-6,14H2,1-2H3. The maximum absolute atomic E-state index is 14.0. The lowest BCUT2D eigenvalue weighted by atomic mass is 10.2. The van der Waals surface area contributed by atoms with E-state index in [-0.39, 0.29) is 30.9 Å². The fourth-order valence-corrected chi connectivity index (χ4v) is 3.50. The zero-order valence-electron chi connectivity index (χ0n) is 11.1. The van der Waals surface area contributed by atoms with Gasteiger partial charge in [-0.15, -0.1) is 0 Å². The molecule has 3 N–H and O–H groups in total. The van der Waals surface area contributed by atoms with Gasteiger partial charge >= 0.3 is 0 Å². The Kier molecular flexibility index (Phi) is 5.28. The highest BCUT2D eigenvalue weighted by molar-refractivity contribution is 7.89. The van der Waals surface area contributed by atoms with Crippen LogP contribution >= 0.6 is 0 Å². The topological polar surface area (TPSA) is 83.6 Å². The molecule has 0 fully saturated rings. The van der Waals surface area contributed by atoms with Crippen LogP contribution in [0.3, 0.4) is 0 Å². The summed E-state index contributed by atoms with van der Waals surface area (Å²) in [5.41, 5.74) is 5.95. The van der Waals surface area contributed by atoms with Crippen LogP contribution in [0, 0.1) is 12.7 Å². The molecule has 0 spiro atoms. The molecule has 1 aromatic carbocycles. The largest absolute Gasteiger partial charge is 0.399 e. The monoisotopic (exact) mass is 290 g/mol. The summed E-state index contributed by atoms with van der Waals surface area (Å²) in [6.45, 7) is 3.10. The Morgan fingerprint density at radius 2 is 2.00 bits per heavy atom. The van der Waals surface area contributed by atoms with Gasteiger partial charge in [0.15, 0.2) is 0 Å². The minimum Gasteiger partial charge on any atom is -0.399 e. The molecule has 0 aliphatic carbocycles. The van der Waals surface area contributed by atoms with Gasteiger partial charge in [0.1, 0.15) is 10.7 Å². The average Bonchev–Trinajstić information content (AvgIpc) is 2.33. The molecular weight excluding hydrogens is 271 g/mol. The van der Waals surface area contributed by atoms with Crippen LogP contribution < -0.4 is 5.73 Å². The number of hydrogen-bond acceptors (Lipinski definition) is 4. The number of anilines is 1. The van der Waals surface area contributed by atoms with E-state index in [1.807, 2.05) is 0 Å². The Morgan fingerprint density at radius 1 is 1.37 bits per heavy atom. The van der Waals surface area contributed by atoms with Crippen LogP contribution in [0.5, 0.6) is 0 Å². The lowest BCUT2D eigenvalue weighted by molar-refractivity contribution is 0.253. The zero-order valence-corrected chi connectivity index (χ0v) is 11.9. The van der Waals surface area contributed by atoms with Crippen molar-refractivity contribution in [1.29, 1.82) is 0 Å². The van der Waals surface area contributed by atoms with Crippen LogP contribution in [0.4, 0.5) is 10.1 Å². The van der Waals surface area contributed by atoms with Crippen molar-refractivity contribution in [2.24, 2.45) is 0 Å². The molecule has 19 heavy (non-hydrogen) atoms. The molecule has 0 saturated heterocycles. The maximum atomic E-state index is 14.0. The minimum absolute atomic E-state index is 0.0660. The molecule has 0 aromatic heterocycles. The summed E-state index contributed by atoms with van der Waals surface area (Å²) in [6, 6.07) is 2.49. The third kappa shape index (κ3) is 3.43. The average molecular weight is 290 g/mol. The molecule has 0 unspecified atom stereocenters. The minimum atomic E-state index is -3.98. The van der Waals surface area contributed by atoms with Gasteiger partial charge in [-0.3, -0.25) is 0 Å². The number of aliphatic hydroxyl groups excluding tert-OH is 1. The van der Waals surface area contributed by atoms with Gasteiger partial charge in [0.25, 0.3) is 0 Å². The predicted molar refractivity (Wildman–Crippen MR) is 71.7 cm³/mol. The van der Waals surface area contributed by atoms with Gasteiger partial charge < -0.3 is 10.8 Å². The van der Waals surface area contributed by atoms with Crippen LogP contribution in [-0.2, 0) is 10.0 Å². The van der Waals surface area contributed by atoms with E-state index < -0.39 is 20.7 Å².